The third-order valence-corrected chi connectivity index (χ3v) is 1.03. The minimum atomic E-state index is -1.40. The largest absolute Gasteiger partial charge is 0.450 e. The van der Waals surface area contributed by atoms with Crippen molar-refractivity contribution >= 4 is 5.97 Å². The van der Waals surface area contributed by atoms with Crippen LogP contribution in [0.15, 0.2) is 11.7 Å². The van der Waals surface area contributed by atoms with Crippen LogP contribution in [-0.2, 0) is 9.53 Å². The molecule has 0 aromatic carbocycles. The first-order valence-corrected chi connectivity index (χ1v) is 2.39. The third kappa shape index (κ3) is 0.800. The predicted molar refractivity (Wildman–Crippen MR) is 24.8 cm³/mol. The fourth-order valence-electron chi connectivity index (χ4n) is 0.540. The first kappa shape index (κ1) is 6.19. The van der Waals surface area contributed by atoms with Crippen LogP contribution in [0.25, 0.3) is 0 Å². The van der Waals surface area contributed by atoms with Crippen LogP contribution < -0.4 is 0 Å². The average Bonchev–Trinajstić information content (AvgIpc) is 1.98. The Kier molecular flexibility index (Phi) is 1.23. The second-order valence-corrected chi connectivity index (χ2v) is 1.71. The molecule has 1 aliphatic rings. The molecule has 1 atom stereocenters. The van der Waals surface area contributed by atoms with E-state index in [0.717, 1.165) is 0 Å². The van der Waals surface area contributed by atoms with Gasteiger partial charge in [-0.3, -0.25) is 0 Å². The summed E-state index contributed by atoms with van der Waals surface area (Å²) in [4.78, 5) is 10.1. The standard InChI is InChI=1S/C5H4F2O2/c1-2-3(6)4(7)5(8)9-2/h2H,1H3. The first-order chi connectivity index (χ1) is 4.13. The number of rotatable bonds is 0. The summed E-state index contributed by atoms with van der Waals surface area (Å²) in [6.07, 6.45) is -1.04. The molecule has 9 heavy (non-hydrogen) atoms. The Morgan fingerprint density at radius 1 is 1.56 bits per heavy atom. The molecule has 0 amide bonds. The van der Waals surface area contributed by atoms with Crippen molar-refractivity contribution in [2.75, 3.05) is 0 Å². The molecule has 0 fully saturated rings. The zero-order valence-corrected chi connectivity index (χ0v) is 4.65. The van der Waals surface area contributed by atoms with Crippen LogP contribution >= 0.6 is 0 Å². The molecule has 4 heteroatoms. The molecule has 0 aliphatic carbocycles. The van der Waals surface area contributed by atoms with E-state index in [0.29, 0.717) is 0 Å². The molecule has 0 aromatic rings. The molecular formula is C5H4F2O2. The highest BCUT2D eigenvalue weighted by Gasteiger charge is 2.31. The van der Waals surface area contributed by atoms with E-state index >= 15 is 0 Å². The highest BCUT2D eigenvalue weighted by atomic mass is 19.2. The molecule has 0 N–H and O–H groups in total. The van der Waals surface area contributed by atoms with Crippen molar-refractivity contribution in [3.05, 3.63) is 11.7 Å². The average molecular weight is 134 g/mol. The van der Waals surface area contributed by atoms with Gasteiger partial charge in [-0.05, 0) is 6.92 Å². The van der Waals surface area contributed by atoms with E-state index < -0.39 is 23.7 Å². The topological polar surface area (TPSA) is 26.3 Å². The van der Waals surface area contributed by atoms with Gasteiger partial charge in [0.15, 0.2) is 11.9 Å². The van der Waals surface area contributed by atoms with Crippen molar-refractivity contribution in [2.24, 2.45) is 0 Å². The summed E-state index contributed by atoms with van der Waals surface area (Å²) in [6.45, 7) is 1.26. The molecule has 0 saturated heterocycles. The van der Waals surface area contributed by atoms with Gasteiger partial charge in [0.2, 0.25) is 5.83 Å². The van der Waals surface area contributed by atoms with Gasteiger partial charge in [-0.15, -0.1) is 0 Å². The summed E-state index contributed by atoms with van der Waals surface area (Å²) in [5.74, 6) is -3.72. The molecule has 0 saturated carbocycles. The lowest BCUT2D eigenvalue weighted by Gasteiger charge is -1.97. The van der Waals surface area contributed by atoms with Crippen LogP contribution in [0.4, 0.5) is 8.78 Å². The maximum atomic E-state index is 12.1. The van der Waals surface area contributed by atoms with Gasteiger partial charge in [0.05, 0.1) is 0 Å². The monoisotopic (exact) mass is 134 g/mol. The number of cyclic esters (lactones) is 1. The fourth-order valence-corrected chi connectivity index (χ4v) is 0.540. The molecular weight excluding hydrogens is 130 g/mol. The van der Waals surface area contributed by atoms with Crippen molar-refractivity contribution < 1.29 is 18.3 Å². The SMILES string of the molecule is CC1OC(=O)C(F)=C1F. The van der Waals surface area contributed by atoms with E-state index in [1.54, 1.807) is 0 Å². The molecule has 2 nitrogen and oxygen atoms in total. The number of hydrogen-bond donors (Lipinski definition) is 0. The van der Waals surface area contributed by atoms with Gasteiger partial charge in [0, 0.05) is 0 Å². The molecule has 1 aliphatic heterocycles. The van der Waals surface area contributed by atoms with E-state index in [4.69, 9.17) is 0 Å². The maximum absolute atomic E-state index is 12.1. The molecule has 0 bridgehead atoms. The van der Waals surface area contributed by atoms with Gasteiger partial charge >= 0.3 is 5.97 Å². The number of halogens is 2. The lowest BCUT2D eigenvalue weighted by molar-refractivity contribution is -0.140. The summed E-state index contributed by atoms with van der Waals surface area (Å²) in [5, 5.41) is 0. The van der Waals surface area contributed by atoms with Crippen LogP contribution in [0.5, 0.6) is 0 Å². The summed E-state index contributed by atoms with van der Waals surface area (Å²) >= 11 is 0. The summed E-state index contributed by atoms with van der Waals surface area (Å²) in [6, 6.07) is 0. The highest BCUT2D eigenvalue weighted by Crippen LogP contribution is 2.23. The normalized spacial score (nSPS) is 27.0. The number of ether oxygens (including phenoxy) is 1. The summed E-state index contributed by atoms with van der Waals surface area (Å²) in [7, 11) is 0. The zero-order valence-electron chi connectivity index (χ0n) is 4.65. The number of carbonyl (C=O) groups excluding carboxylic acids is 1. The van der Waals surface area contributed by atoms with Gasteiger partial charge < -0.3 is 4.74 Å². The van der Waals surface area contributed by atoms with Crippen LogP contribution in [0, 0.1) is 0 Å². The van der Waals surface area contributed by atoms with Gasteiger partial charge in [-0.2, -0.15) is 4.39 Å². The van der Waals surface area contributed by atoms with Crippen LogP contribution in [-0.4, -0.2) is 12.1 Å². The quantitative estimate of drug-likeness (QED) is 0.463. The van der Waals surface area contributed by atoms with Gasteiger partial charge in [0.25, 0.3) is 0 Å². The van der Waals surface area contributed by atoms with Crippen molar-refractivity contribution in [2.45, 2.75) is 13.0 Å². The highest BCUT2D eigenvalue weighted by molar-refractivity contribution is 5.89. The molecule has 0 radical (unpaired) electrons. The Labute approximate surface area is 50.1 Å². The Morgan fingerprint density at radius 3 is 2.22 bits per heavy atom. The van der Waals surface area contributed by atoms with Gasteiger partial charge in [0.1, 0.15) is 0 Å². The van der Waals surface area contributed by atoms with Crippen molar-refractivity contribution in [3.63, 3.8) is 0 Å². The Hall–Kier alpha value is -0.930. The number of hydrogen-bond acceptors (Lipinski definition) is 2. The van der Waals surface area contributed by atoms with E-state index in [1.165, 1.54) is 6.92 Å². The van der Waals surface area contributed by atoms with E-state index in [1.807, 2.05) is 0 Å². The minimum absolute atomic E-state index is 1.04. The smallest absolute Gasteiger partial charge is 0.370 e. The molecule has 50 valence electrons. The Morgan fingerprint density at radius 2 is 2.11 bits per heavy atom. The van der Waals surface area contributed by atoms with Crippen LogP contribution in [0.2, 0.25) is 0 Å². The molecule has 0 spiro atoms. The van der Waals surface area contributed by atoms with Crippen LogP contribution in [0.3, 0.4) is 0 Å². The van der Waals surface area contributed by atoms with Gasteiger partial charge in [-0.1, -0.05) is 0 Å². The third-order valence-electron chi connectivity index (χ3n) is 1.03. The number of esters is 1. The van der Waals surface area contributed by atoms with E-state index in [-0.39, 0.29) is 0 Å². The van der Waals surface area contributed by atoms with Crippen molar-refractivity contribution in [1.82, 2.24) is 0 Å². The summed E-state index contributed by atoms with van der Waals surface area (Å²) in [5.41, 5.74) is 0. The molecule has 1 rings (SSSR count). The number of carbonyl (C=O) groups is 1. The minimum Gasteiger partial charge on any atom is -0.450 e. The van der Waals surface area contributed by atoms with Crippen molar-refractivity contribution in [1.29, 1.82) is 0 Å². The second-order valence-electron chi connectivity index (χ2n) is 1.71. The molecule has 0 aromatic heterocycles. The zero-order chi connectivity index (χ0) is 7.02. The Bertz CT molecular complexity index is 185. The first-order valence-electron chi connectivity index (χ1n) is 2.39. The van der Waals surface area contributed by atoms with Gasteiger partial charge in [-0.25, -0.2) is 9.18 Å². The molecule has 1 heterocycles. The predicted octanol–water partition coefficient (Wildman–Crippen LogP) is 1.08. The lowest BCUT2D eigenvalue weighted by Crippen LogP contribution is -2.03. The Balaban J connectivity index is 2.92. The van der Waals surface area contributed by atoms with Crippen LogP contribution in [0.1, 0.15) is 6.92 Å². The maximum Gasteiger partial charge on any atom is 0.370 e. The second kappa shape index (κ2) is 1.79. The van der Waals surface area contributed by atoms with Crippen molar-refractivity contribution in [3.8, 4) is 0 Å². The molecule has 1 unspecified atom stereocenters. The van der Waals surface area contributed by atoms with E-state index in [2.05, 4.69) is 4.74 Å². The lowest BCUT2D eigenvalue weighted by atomic mass is 10.3. The summed E-state index contributed by atoms with van der Waals surface area (Å²) < 4.78 is 28.2. The fraction of sp³-hybridized carbons (Fsp3) is 0.400. The van der Waals surface area contributed by atoms with E-state index in [9.17, 15) is 13.6 Å².